The van der Waals surface area contributed by atoms with Crippen molar-refractivity contribution < 1.29 is 19.4 Å². The van der Waals surface area contributed by atoms with E-state index in [1.54, 1.807) is 18.2 Å². The van der Waals surface area contributed by atoms with Crippen molar-refractivity contribution >= 4 is 5.78 Å². The van der Waals surface area contributed by atoms with Crippen LogP contribution < -0.4 is 9.47 Å². The van der Waals surface area contributed by atoms with Gasteiger partial charge in [0.1, 0.15) is 17.6 Å². The molecule has 0 aliphatic rings. The molecule has 17 heavy (non-hydrogen) atoms. The Kier molecular flexibility index (Phi) is 4.97. The number of carbonyl (C=O) groups excluding carboxylic acids is 1. The van der Waals surface area contributed by atoms with E-state index in [-0.39, 0.29) is 5.78 Å². The molecule has 1 unspecified atom stereocenters. The van der Waals surface area contributed by atoms with Crippen LogP contribution in [0.5, 0.6) is 11.5 Å². The molecule has 0 radical (unpaired) electrons. The van der Waals surface area contributed by atoms with Crippen molar-refractivity contribution in [3.63, 3.8) is 0 Å². The van der Waals surface area contributed by atoms with E-state index < -0.39 is 6.10 Å². The van der Waals surface area contributed by atoms with Gasteiger partial charge in [0.15, 0.2) is 5.78 Å². The number of hydrogen-bond donors (Lipinski definition) is 1. The monoisotopic (exact) mass is 238 g/mol. The summed E-state index contributed by atoms with van der Waals surface area (Å²) in [4.78, 5) is 12.0. The quantitative estimate of drug-likeness (QED) is 0.771. The summed E-state index contributed by atoms with van der Waals surface area (Å²) in [7, 11) is 3.02. The molecule has 0 fully saturated rings. The summed E-state index contributed by atoms with van der Waals surface area (Å²) in [6.45, 7) is 1.92. The fourth-order valence-corrected chi connectivity index (χ4v) is 1.59. The van der Waals surface area contributed by atoms with Gasteiger partial charge >= 0.3 is 0 Å². The molecule has 0 aliphatic carbocycles. The lowest BCUT2D eigenvalue weighted by Crippen LogP contribution is -2.20. The van der Waals surface area contributed by atoms with E-state index in [1.165, 1.54) is 14.2 Å². The minimum absolute atomic E-state index is 0.331. The predicted octanol–water partition coefficient (Wildman–Crippen LogP) is 2.05. The predicted molar refractivity (Wildman–Crippen MR) is 64.8 cm³/mol. The number of hydrogen-bond acceptors (Lipinski definition) is 4. The van der Waals surface area contributed by atoms with Gasteiger partial charge in [-0.15, -0.1) is 0 Å². The summed E-state index contributed by atoms with van der Waals surface area (Å²) < 4.78 is 10.2. The molecule has 1 atom stereocenters. The number of benzene rings is 1. The van der Waals surface area contributed by atoms with Crippen LogP contribution in [0.4, 0.5) is 0 Å². The molecule has 0 saturated carbocycles. The lowest BCUT2D eigenvalue weighted by molar-refractivity contribution is 0.0726. The molecule has 0 amide bonds. The van der Waals surface area contributed by atoms with Crippen LogP contribution in [-0.4, -0.2) is 31.2 Å². The molecule has 0 bridgehead atoms. The van der Waals surface area contributed by atoms with Crippen LogP contribution in [-0.2, 0) is 0 Å². The van der Waals surface area contributed by atoms with Crippen molar-refractivity contribution in [2.75, 3.05) is 14.2 Å². The zero-order chi connectivity index (χ0) is 12.8. The Hall–Kier alpha value is -1.55. The normalized spacial score (nSPS) is 12.0. The summed E-state index contributed by atoms with van der Waals surface area (Å²) in [6.07, 6.45) is 0.208. The van der Waals surface area contributed by atoms with E-state index in [1.807, 2.05) is 6.92 Å². The smallest absolute Gasteiger partial charge is 0.195 e. The van der Waals surface area contributed by atoms with Crippen LogP contribution in [0, 0.1) is 0 Å². The minimum Gasteiger partial charge on any atom is -0.497 e. The molecule has 4 nitrogen and oxygen atoms in total. The number of aliphatic hydroxyl groups is 1. The van der Waals surface area contributed by atoms with E-state index >= 15 is 0 Å². The van der Waals surface area contributed by atoms with E-state index in [9.17, 15) is 9.90 Å². The zero-order valence-electron chi connectivity index (χ0n) is 10.4. The first-order chi connectivity index (χ1) is 8.13. The van der Waals surface area contributed by atoms with Crippen LogP contribution in [0.1, 0.15) is 30.1 Å². The summed E-state index contributed by atoms with van der Waals surface area (Å²) in [6, 6.07) is 4.95. The van der Waals surface area contributed by atoms with Crippen LogP contribution >= 0.6 is 0 Å². The number of rotatable bonds is 6. The van der Waals surface area contributed by atoms with Crippen LogP contribution in [0.15, 0.2) is 18.2 Å². The summed E-state index contributed by atoms with van der Waals surface area (Å²) in [5, 5.41) is 9.71. The maximum atomic E-state index is 12.0. The fourth-order valence-electron chi connectivity index (χ4n) is 1.59. The van der Waals surface area contributed by atoms with Gasteiger partial charge in [0.2, 0.25) is 0 Å². The van der Waals surface area contributed by atoms with E-state index in [4.69, 9.17) is 9.47 Å². The zero-order valence-corrected chi connectivity index (χ0v) is 10.4. The number of aliphatic hydroxyl groups excluding tert-OH is 1. The molecule has 0 spiro atoms. The van der Waals surface area contributed by atoms with Crippen molar-refractivity contribution in [2.24, 2.45) is 0 Å². The number of Topliss-reactive ketones (excluding diaryl/α,β-unsaturated/α-hetero) is 1. The SMILES string of the molecule is CCCC(O)C(=O)c1cc(OC)ccc1OC. The summed E-state index contributed by atoms with van der Waals surface area (Å²) in [5.41, 5.74) is 0.354. The van der Waals surface area contributed by atoms with Crippen molar-refractivity contribution in [2.45, 2.75) is 25.9 Å². The first-order valence-corrected chi connectivity index (χ1v) is 5.58. The van der Waals surface area contributed by atoms with Gasteiger partial charge in [-0.25, -0.2) is 0 Å². The molecule has 0 heterocycles. The fraction of sp³-hybridized carbons (Fsp3) is 0.462. The Morgan fingerprint density at radius 1 is 1.35 bits per heavy atom. The van der Waals surface area contributed by atoms with Gasteiger partial charge in [-0.05, 0) is 24.6 Å². The van der Waals surface area contributed by atoms with Gasteiger partial charge in [-0.3, -0.25) is 4.79 Å². The van der Waals surface area contributed by atoms with E-state index in [0.717, 1.165) is 6.42 Å². The molecule has 4 heteroatoms. The van der Waals surface area contributed by atoms with Crippen LogP contribution in [0.3, 0.4) is 0 Å². The van der Waals surface area contributed by atoms with Crippen molar-refractivity contribution in [1.29, 1.82) is 0 Å². The first-order valence-electron chi connectivity index (χ1n) is 5.58. The highest BCUT2D eigenvalue weighted by Gasteiger charge is 2.20. The van der Waals surface area contributed by atoms with Crippen molar-refractivity contribution in [1.82, 2.24) is 0 Å². The number of ether oxygens (including phenoxy) is 2. The third kappa shape index (κ3) is 3.20. The second-order valence-electron chi connectivity index (χ2n) is 3.73. The maximum absolute atomic E-state index is 12.0. The Morgan fingerprint density at radius 3 is 2.59 bits per heavy atom. The molecule has 1 N–H and O–H groups in total. The van der Waals surface area contributed by atoms with Gasteiger partial charge in [0.25, 0.3) is 0 Å². The first kappa shape index (κ1) is 13.5. The molecule has 94 valence electrons. The number of carbonyl (C=O) groups is 1. The third-order valence-electron chi connectivity index (χ3n) is 2.54. The molecule has 0 saturated heterocycles. The van der Waals surface area contributed by atoms with Crippen molar-refractivity contribution in [3.8, 4) is 11.5 Å². The van der Waals surface area contributed by atoms with Crippen molar-refractivity contribution in [3.05, 3.63) is 23.8 Å². The Balaban J connectivity index is 3.05. The number of methoxy groups -OCH3 is 2. The lowest BCUT2D eigenvalue weighted by atomic mass is 10.0. The third-order valence-corrected chi connectivity index (χ3v) is 2.54. The molecule has 0 aromatic heterocycles. The van der Waals surface area contributed by atoms with Crippen LogP contribution in [0.2, 0.25) is 0 Å². The summed E-state index contributed by atoms with van der Waals surface area (Å²) in [5.74, 6) is 0.686. The second-order valence-corrected chi connectivity index (χ2v) is 3.73. The molecule has 1 aromatic carbocycles. The van der Waals surface area contributed by atoms with Crippen LogP contribution in [0.25, 0.3) is 0 Å². The Labute approximate surface area is 101 Å². The molecule has 1 rings (SSSR count). The largest absolute Gasteiger partial charge is 0.497 e. The molecular weight excluding hydrogens is 220 g/mol. The second kappa shape index (κ2) is 6.25. The minimum atomic E-state index is -0.985. The molecular formula is C13H18O4. The highest BCUT2D eigenvalue weighted by molar-refractivity contribution is 6.02. The van der Waals surface area contributed by atoms with Gasteiger partial charge < -0.3 is 14.6 Å². The topological polar surface area (TPSA) is 55.8 Å². The Bertz CT molecular complexity index is 387. The number of ketones is 1. The Morgan fingerprint density at radius 2 is 2.06 bits per heavy atom. The van der Waals surface area contributed by atoms with Gasteiger partial charge in [-0.2, -0.15) is 0 Å². The van der Waals surface area contributed by atoms with Gasteiger partial charge in [-0.1, -0.05) is 13.3 Å². The average Bonchev–Trinajstić information content (AvgIpc) is 2.37. The lowest BCUT2D eigenvalue weighted by Gasteiger charge is -2.12. The molecule has 0 aliphatic heterocycles. The molecule has 1 aromatic rings. The average molecular weight is 238 g/mol. The van der Waals surface area contributed by atoms with E-state index in [0.29, 0.717) is 23.5 Å². The standard InChI is InChI=1S/C13H18O4/c1-4-5-11(14)13(15)10-8-9(16-2)6-7-12(10)17-3/h6-8,11,14H,4-5H2,1-3H3. The van der Waals surface area contributed by atoms with E-state index in [2.05, 4.69) is 0 Å². The highest BCUT2D eigenvalue weighted by Crippen LogP contribution is 2.25. The highest BCUT2D eigenvalue weighted by atomic mass is 16.5. The maximum Gasteiger partial charge on any atom is 0.195 e. The summed E-state index contributed by atoms with van der Waals surface area (Å²) >= 11 is 0. The van der Waals surface area contributed by atoms with Gasteiger partial charge in [0, 0.05) is 0 Å². The van der Waals surface area contributed by atoms with Gasteiger partial charge in [0.05, 0.1) is 19.8 Å².